The van der Waals surface area contributed by atoms with Crippen LogP contribution in [0.5, 0.6) is 0 Å². The molecule has 5 heteroatoms. The summed E-state index contributed by atoms with van der Waals surface area (Å²) in [7, 11) is 0. The molecule has 5 nitrogen and oxygen atoms in total. The molecule has 2 aromatic rings. The van der Waals surface area contributed by atoms with E-state index in [0.29, 0.717) is 6.54 Å². The Morgan fingerprint density at radius 3 is 3.00 bits per heavy atom. The van der Waals surface area contributed by atoms with E-state index >= 15 is 0 Å². The average Bonchev–Trinajstić information content (AvgIpc) is 2.88. The molecule has 2 rings (SSSR count). The highest BCUT2D eigenvalue weighted by Gasteiger charge is 2.03. The molecule has 2 aromatic heterocycles. The predicted octanol–water partition coefficient (Wildman–Crippen LogP) is 1.49. The van der Waals surface area contributed by atoms with Crippen molar-refractivity contribution in [2.75, 3.05) is 0 Å². The predicted molar refractivity (Wildman–Crippen MR) is 59.7 cm³/mol. The molecule has 0 fully saturated rings. The van der Waals surface area contributed by atoms with Crippen molar-refractivity contribution in [3.05, 3.63) is 35.5 Å². The zero-order valence-electron chi connectivity index (χ0n) is 9.60. The second-order valence-corrected chi connectivity index (χ2v) is 3.69. The van der Waals surface area contributed by atoms with E-state index in [1.807, 2.05) is 17.7 Å². The van der Waals surface area contributed by atoms with E-state index in [1.54, 1.807) is 6.26 Å². The molecule has 0 amide bonds. The van der Waals surface area contributed by atoms with E-state index in [9.17, 15) is 0 Å². The Kier molecular flexibility index (Phi) is 3.36. The van der Waals surface area contributed by atoms with Crippen LogP contribution >= 0.6 is 0 Å². The third kappa shape index (κ3) is 2.49. The summed E-state index contributed by atoms with van der Waals surface area (Å²) in [5.74, 6) is 0. The number of nitrogens with one attached hydrogen (secondary N) is 1. The first-order chi connectivity index (χ1) is 7.79. The topological polar surface area (TPSA) is 55.9 Å². The minimum Gasteiger partial charge on any atom is -0.364 e. The van der Waals surface area contributed by atoms with Gasteiger partial charge in [0.25, 0.3) is 0 Å². The summed E-state index contributed by atoms with van der Waals surface area (Å²) in [5.41, 5.74) is 3.17. The van der Waals surface area contributed by atoms with Crippen molar-refractivity contribution >= 4 is 0 Å². The van der Waals surface area contributed by atoms with Crippen LogP contribution in [-0.4, -0.2) is 14.9 Å². The van der Waals surface area contributed by atoms with E-state index in [-0.39, 0.29) is 0 Å². The van der Waals surface area contributed by atoms with Gasteiger partial charge in [0, 0.05) is 25.7 Å². The fourth-order valence-electron chi connectivity index (χ4n) is 1.66. The summed E-state index contributed by atoms with van der Waals surface area (Å²) in [6, 6.07) is 3.95. The van der Waals surface area contributed by atoms with Crippen molar-refractivity contribution in [2.24, 2.45) is 0 Å². The Balaban J connectivity index is 1.89. The highest BCUT2D eigenvalue weighted by atomic mass is 16.5. The number of hydrogen-bond donors (Lipinski definition) is 1. The highest BCUT2D eigenvalue weighted by Crippen LogP contribution is 2.03. The second kappa shape index (κ2) is 4.94. The Morgan fingerprint density at radius 2 is 2.31 bits per heavy atom. The summed E-state index contributed by atoms with van der Waals surface area (Å²) in [6.07, 6.45) is 1.58. The Morgan fingerprint density at radius 1 is 1.44 bits per heavy atom. The monoisotopic (exact) mass is 220 g/mol. The minimum atomic E-state index is 0.713. The zero-order chi connectivity index (χ0) is 11.4. The number of hydrogen-bond acceptors (Lipinski definition) is 4. The van der Waals surface area contributed by atoms with Gasteiger partial charge in [0.1, 0.15) is 6.26 Å². The molecular formula is C11H16N4O. The molecule has 86 valence electrons. The maximum Gasteiger partial charge on any atom is 0.124 e. The van der Waals surface area contributed by atoms with Gasteiger partial charge in [0.05, 0.1) is 17.1 Å². The van der Waals surface area contributed by atoms with Crippen LogP contribution in [-0.2, 0) is 19.6 Å². The average molecular weight is 220 g/mol. The van der Waals surface area contributed by atoms with Crippen molar-refractivity contribution in [2.45, 2.75) is 33.5 Å². The fourth-order valence-corrected chi connectivity index (χ4v) is 1.66. The van der Waals surface area contributed by atoms with Gasteiger partial charge in [0.2, 0.25) is 0 Å². The van der Waals surface area contributed by atoms with E-state index < -0.39 is 0 Å². The normalized spacial score (nSPS) is 10.9. The van der Waals surface area contributed by atoms with Crippen molar-refractivity contribution in [1.82, 2.24) is 20.3 Å². The zero-order valence-corrected chi connectivity index (χ0v) is 9.60. The van der Waals surface area contributed by atoms with Crippen LogP contribution in [0, 0.1) is 6.92 Å². The molecule has 0 saturated carbocycles. The Bertz CT molecular complexity index is 433. The Hall–Kier alpha value is -1.62. The third-order valence-electron chi connectivity index (χ3n) is 2.39. The molecular weight excluding hydrogens is 204 g/mol. The van der Waals surface area contributed by atoms with Crippen LogP contribution in [0.15, 0.2) is 22.9 Å². The van der Waals surface area contributed by atoms with Gasteiger partial charge in [-0.15, -0.1) is 0 Å². The molecule has 0 aromatic carbocycles. The van der Waals surface area contributed by atoms with E-state index in [0.717, 1.165) is 24.5 Å². The van der Waals surface area contributed by atoms with Gasteiger partial charge in [-0.25, -0.2) is 0 Å². The van der Waals surface area contributed by atoms with Crippen LogP contribution in [0.3, 0.4) is 0 Å². The van der Waals surface area contributed by atoms with E-state index in [1.165, 1.54) is 5.69 Å². The van der Waals surface area contributed by atoms with Gasteiger partial charge in [-0.2, -0.15) is 5.10 Å². The quantitative estimate of drug-likeness (QED) is 0.829. The molecule has 0 aliphatic heterocycles. The van der Waals surface area contributed by atoms with Crippen molar-refractivity contribution in [1.29, 1.82) is 0 Å². The molecule has 0 atom stereocenters. The van der Waals surface area contributed by atoms with Crippen molar-refractivity contribution in [3.63, 3.8) is 0 Å². The standard InChI is InChI=1S/C11H16N4O/c1-3-15-11(6-9(2)13-15)8-12-7-10-4-5-16-14-10/h4-6,12H,3,7-8H2,1-2H3. The molecule has 0 unspecified atom stereocenters. The fraction of sp³-hybridized carbons (Fsp3) is 0.455. The lowest BCUT2D eigenvalue weighted by molar-refractivity contribution is 0.408. The maximum absolute atomic E-state index is 4.76. The van der Waals surface area contributed by atoms with Gasteiger partial charge in [-0.1, -0.05) is 5.16 Å². The number of rotatable bonds is 5. The van der Waals surface area contributed by atoms with Gasteiger partial charge in [-0.05, 0) is 19.9 Å². The molecule has 0 saturated heterocycles. The molecule has 1 N–H and O–H groups in total. The summed E-state index contributed by atoms with van der Waals surface area (Å²) in [6.45, 7) is 6.50. The molecule has 0 bridgehead atoms. The van der Waals surface area contributed by atoms with Crippen LogP contribution < -0.4 is 5.32 Å². The second-order valence-electron chi connectivity index (χ2n) is 3.69. The van der Waals surface area contributed by atoms with Gasteiger partial charge >= 0.3 is 0 Å². The van der Waals surface area contributed by atoms with Crippen LogP contribution in [0.2, 0.25) is 0 Å². The SMILES string of the molecule is CCn1nc(C)cc1CNCc1ccon1. The summed E-state index contributed by atoms with van der Waals surface area (Å²) in [4.78, 5) is 0. The summed E-state index contributed by atoms with van der Waals surface area (Å²) in [5, 5.41) is 11.5. The number of aryl methyl sites for hydroxylation is 2. The number of aromatic nitrogens is 3. The van der Waals surface area contributed by atoms with Crippen molar-refractivity contribution in [3.8, 4) is 0 Å². The van der Waals surface area contributed by atoms with Crippen molar-refractivity contribution < 1.29 is 4.52 Å². The third-order valence-corrected chi connectivity index (χ3v) is 2.39. The van der Waals surface area contributed by atoms with E-state index in [4.69, 9.17) is 4.52 Å². The van der Waals surface area contributed by atoms with Crippen LogP contribution in [0.25, 0.3) is 0 Å². The molecule has 0 aliphatic rings. The lowest BCUT2D eigenvalue weighted by atomic mass is 10.3. The lowest BCUT2D eigenvalue weighted by Crippen LogP contribution is -2.16. The Labute approximate surface area is 94.4 Å². The molecule has 2 heterocycles. The first-order valence-electron chi connectivity index (χ1n) is 5.43. The maximum atomic E-state index is 4.76. The molecule has 0 spiro atoms. The lowest BCUT2D eigenvalue weighted by Gasteiger charge is -2.04. The van der Waals surface area contributed by atoms with E-state index in [2.05, 4.69) is 28.6 Å². The van der Waals surface area contributed by atoms with Gasteiger partial charge in [0.15, 0.2) is 0 Å². The molecule has 0 radical (unpaired) electrons. The van der Waals surface area contributed by atoms with Crippen LogP contribution in [0.1, 0.15) is 24.0 Å². The molecule has 16 heavy (non-hydrogen) atoms. The smallest absolute Gasteiger partial charge is 0.124 e. The highest BCUT2D eigenvalue weighted by molar-refractivity contribution is 5.08. The van der Waals surface area contributed by atoms with Gasteiger partial charge in [-0.3, -0.25) is 4.68 Å². The van der Waals surface area contributed by atoms with Crippen LogP contribution in [0.4, 0.5) is 0 Å². The first-order valence-corrected chi connectivity index (χ1v) is 5.43. The summed E-state index contributed by atoms with van der Waals surface area (Å²) < 4.78 is 6.76. The van der Waals surface area contributed by atoms with Gasteiger partial charge < -0.3 is 9.84 Å². The largest absolute Gasteiger partial charge is 0.364 e. The number of nitrogens with zero attached hydrogens (tertiary/aromatic N) is 3. The minimum absolute atomic E-state index is 0.713. The summed E-state index contributed by atoms with van der Waals surface area (Å²) >= 11 is 0. The molecule has 0 aliphatic carbocycles. The first kappa shape index (κ1) is 10.9.